The molecule has 0 spiro atoms. The van der Waals surface area contributed by atoms with Gasteiger partial charge in [-0.05, 0) is 24.3 Å². The minimum atomic E-state index is 0.433. The first-order valence-corrected chi connectivity index (χ1v) is 5.95. The van der Waals surface area contributed by atoms with Crippen molar-refractivity contribution < 1.29 is 0 Å². The largest absolute Gasteiger partial charge is 0.362 e. The van der Waals surface area contributed by atoms with Crippen molar-refractivity contribution in [2.24, 2.45) is 0 Å². The molecule has 0 amide bonds. The average molecular weight is 256 g/mol. The third-order valence-electron chi connectivity index (χ3n) is 2.71. The monoisotopic (exact) mass is 255 g/mol. The van der Waals surface area contributed by atoms with Crippen molar-refractivity contribution in [1.29, 1.82) is 0 Å². The molecule has 3 aromatic rings. The molecule has 0 saturated heterocycles. The fraction of sp³-hybridized carbons (Fsp3) is 0. The highest BCUT2D eigenvalue weighted by molar-refractivity contribution is 6.34. The number of halogens is 1. The van der Waals surface area contributed by atoms with Crippen LogP contribution in [0.5, 0.6) is 0 Å². The van der Waals surface area contributed by atoms with Crippen LogP contribution in [0, 0.1) is 0 Å². The molecule has 3 nitrogen and oxygen atoms in total. The Labute approximate surface area is 109 Å². The van der Waals surface area contributed by atoms with E-state index in [4.69, 9.17) is 11.6 Å². The maximum Gasteiger partial charge on any atom is 0.159 e. The van der Waals surface area contributed by atoms with E-state index in [1.54, 1.807) is 0 Å². The summed E-state index contributed by atoms with van der Waals surface area (Å²) in [5, 5.41) is 10.4. The molecule has 3 rings (SSSR count). The second-order valence-electron chi connectivity index (χ2n) is 3.88. The second-order valence-corrected chi connectivity index (χ2v) is 4.24. The predicted molar refractivity (Wildman–Crippen MR) is 74.3 cm³/mol. The van der Waals surface area contributed by atoms with E-state index in [0.29, 0.717) is 5.15 Å². The summed E-state index contributed by atoms with van der Waals surface area (Å²) >= 11 is 6.02. The normalized spacial score (nSPS) is 11.4. The lowest BCUT2D eigenvalue weighted by Crippen LogP contribution is -1.90. The number of hydrogen-bond donors (Lipinski definition) is 1. The van der Waals surface area contributed by atoms with Crippen molar-refractivity contribution in [3.63, 3.8) is 0 Å². The van der Waals surface area contributed by atoms with E-state index < -0.39 is 0 Å². The van der Waals surface area contributed by atoms with Gasteiger partial charge in [0.15, 0.2) is 5.15 Å². The maximum absolute atomic E-state index is 6.02. The quantitative estimate of drug-likeness (QED) is 0.757. The van der Waals surface area contributed by atoms with Crippen LogP contribution < -0.4 is 0 Å². The van der Waals surface area contributed by atoms with E-state index in [9.17, 15) is 0 Å². The van der Waals surface area contributed by atoms with Gasteiger partial charge in [0.1, 0.15) is 0 Å². The number of fused-ring (bicyclic) bond motifs is 1. The fourth-order valence-electron chi connectivity index (χ4n) is 1.83. The molecule has 4 heteroatoms. The summed E-state index contributed by atoms with van der Waals surface area (Å²) in [7, 11) is 0. The third kappa shape index (κ3) is 2.00. The van der Waals surface area contributed by atoms with Crippen LogP contribution in [-0.4, -0.2) is 15.2 Å². The fourth-order valence-corrected chi connectivity index (χ4v) is 2.03. The van der Waals surface area contributed by atoms with Crippen LogP contribution >= 0.6 is 11.6 Å². The Balaban J connectivity index is 2.10. The minimum Gasteiger partial charge on any atom is -0.362 e. The number of nitrogens with zero attached hydrogens (tertiary/aromatic N) is 2. The first-order valence-electron chi connectivity index (χ1n) is 5.57. The van der Waals surface area contributed by atoms with Gasteiger partial charge in [-0.1, -0.05) is 35.9 Å². The lowest BCUT2D eigenvalue weighted by molar-refractivity contribution is 1.04. The molecular weight excluding hydrogens is 246 g/mol. The molecule has 2 aromatic heterocycles. The van der Waals surface area contributed by atoms with Crippen LogP contribution in [0.3, 0.4) is 0 Å². The SMILES string of the molecule is Clc1nnc(/C=C/c2ccc[nH]2)c2ccccc12. The van der Waals surface area contributed by atoms with E-state index in [0.717, 1.165) is 22.2 Å². The van der Waals surface area contributed by atoms with E-state index in [2.05, 4.69) is 15.2 Å². The molecular formula is C14H10ClN3. The standard InChI is InChI=1S/C14H10ClN3/c15-14-12-6-2-1-5-11(12)13(17-18-14)8-7-10-4-3-9-16-10/h1-9,16H/b8-7+. The van der Waals surface area contributed by atoms with Crippen molar-refractivity contribution >= 4 is 34.5 Å². The Morgan fingerprint density at radius 2 is 1.78 bits per heavy atom. The zero-order valence-corrected chi connectivity index (χ0v) is 10.2. The van der Waals surface area contributed by atoms with Crippen LogP contribution in [0.25, 0.3) is 22.9 Å². The number of aromatic nitrogens is 3. The lowest BCUT2D eigenvalue weighted by atomic mass is 10.1. The van der Waals surface area contributed by atoms with E-state index in [-0.39, 0.29) is 0 Å². The van der Waals surface area contributed by atoms with Gasteiger partial charge in [0.2, 0.25) is 0 Å². The Bertz CT molecular complexity index is 702. The molecule has 0 fully saturated rings. The first kappa shape index (κ1) is 11.0. The second kappa shape index (κ2) is 4.63. The number of hydrogen-bond acceptors (Lipinski definition) is 2. The molecule has 2 heterocycles. The first-order chi connectivity index (χ1) is 8.84. The van der Waals surface area contributed by atoms with Gasteiger partial charge in [0, 0.05) is 22.7 Å². The predicted octanol–water partition coefficient (Wildman–Crippen LogP) is 3.78. The molecule has 88 valence electrons. The minimum absolute atomic E-state index is 0.433. The molecule has 1 N–H and O–H groups in total. The summed E-state index contributed by atoms with van der Waals surface area (Å²) in [6, 6.07) is 11.8. The summed E-state index contributed by atoms with van der Waals surface area (Å²) in [6.07, 6.45) is 5.77. The molecule has 0 aliphatic rings. The zero-order valence-electron chi connectivity index (χ0n) is 9.47. The summed E-state index contributed by atoms with van der Waals surface area (Å²) in [6.45, 7) is 0. The maximum atomic E-state index is 6.02. The van der Waals surface area contributed by atoms with Gasteiger partial charge in [0.05, 0.1) is 5.69 Å². The van der Waals surface area contributed by atoms with Crippen LogP contribution in [0.2, 0.25) is 5.15 Å². The van der Waals surface area contributed by atoms with Crippen molar-refractivity contribution in [3.8, 4) is 0 Å². The molecule has 0 bridgehead atoms. The average Bonchev–Trinajstić information content (AvgIpc) is 2.92. The molecule has 18 heavy (non-hydrogen) atoms. The topological polar surface area (TPSA) is 41.6 Å². The van der Waals surface area contributed by atoms with Gasteiger partial charge in [-0.15, -0.1) is 10.2 Å². The van der Waals surface area contributed by atoms with E-state index in [1.165, 1.54) is 0 Å². The molecule has 0 atom stereocenters. The molecule has 0 aliphatic heterocycles. The highest BCUT2D eigenvalue weighted by atomic mass is 35.5. The molecule has 1 aromatic carbocycles. The van der Waals surface area contributed by atoms with Crippen LogP contribution in [0.1, 0.15) is 11.4 Å². The van der Waals surface area contributed by atoms with Crippen molar-refractivity contribution in [1.82, 2.24) is 15.2 Å². The highest BCUT2D eigenvalue weighted by Gasteiger charge is 2.04. The van der Waals surface area contributed by atoms with Gasteiger partial charge < -0.3 is 4.98 Å². The van der Waals surface area contributed by atoms with Gasteiger partial charge in [0.25, 0.3) is 0 Å². The number of aromatic amines is 1. The molecule has 0 radical (unpaired) electrons. The van der Waals surface area contributed by atoms with Crippen LogP contribution in [0.4, 0.5) is 0 Å². The van der Waals surface area contributed by atoms with Crippen molar-refractivity contribution in [3.05, 3.63) is 59.1 Å². The number of rotatable bonds is 2. The molecule has 0 unspecified atom stereocenters. The molecule has 0 aliphatic carbocycles. The Morgan fingerprint density at radius 3 is 2.56 bits per heavy atom. The van der Waals surface area contributed by atoms with E-state index >= 15 is 0 Å². The smallest absolute Gasteiger partial charge is 0.159 e. The summed E-state index contributed by atoms with van der Waals surface area (Å²) in [4.78, 5) is 3.11. The van der Waals surface area contributed by atoms with E-state index in [1.807, 2.05) is 54.7 Å². The zero-order chi connectivity index (χ0) is 12.4. The summed E-state index contributed by atoms with van der Waals surface area (Å²) in [5.41, 5.74) is 1.83. The van der Waals surface area contributed by atoms with Gasteiger partial charge in [-0.3, -0.25) is 0 Å². The van der Waals surface area contributed by atoms with Crippen LogP contribution in [-0.2, 0) is 0 Å². The van der Waals surface area contributed by atoms with Crippen molar-refractivity contribution in [2.75, 3.05) is 0 Å². The Hall–Kier alpha value is -2.13. The summed E-state index contributed by atoms with van der Waals surface area (Å²) < 4.78 is 0. The van der Waals surface area contributed by atoms with Gasteiger partial charge in [-0.25, -0.2) is 0 Å². The summed E-state index contributed by atoms with van der Waals surface area (Å²) in [5.74, 6) is 0. The number of benzene rings is 1. The Kier molecular flexibility index (Phi) is 2.82. The molecule has 0 saturated carbocycles. The number of H-pyrrole nitrogens is 1. The van der Waals surface area contributed by atoms with Crippen molar-refractivity contribution in [2.45, 2.75) is 0 Å². The Morgan fingerprint density at radius 1 is 0.944 bits per heavy atom. The lowest BCUT2D eigenvalue weighted by Gasteiger charge is -2.01. The third-order valence-corrected chi connectivity index (χ3v) is 2.99. The highest BCUT2D eigenvalue weighted by Crippen LogP contribution is 2.23. The van der Waals surface area contributed by atoms with Gasteiger partial charge in [-0.2, -0.15) is 0 Å². The number of nitrogens with one attached hydrogen (secondary N) is 1. The van der Waals surface area contributed by atoms with Crippen LogP contribution in [0.15, 0.2) is 42.6 Å². The van der Waals surface area contributed by atoms with Gasteiger partial charge >= 0.3 is 0 Å².